The first kappa shape index (κ1) is 16.9. The standard InChI is InChI=1S/C18H22N2O3S/c1-14(16-7-8-16)20(13-15-5-9-17(23-2)10-6-15)24(21,22)18-4-3-11-19-12-18/h3-6,9-12,14,16H,7-8,13H2,1-2H3. The van der Waals surface area contributed by atoms with Crippen LogP contribution < -0.4 is 4.74 Å². The van der Waals surface area contributed by atoms with Crippen molar-refractivity contribution >= 4 is 10.0 Å². The van der Waals surface area contributed by atoms with Crippen LogP contribution in [0, 0.1) is 5.92 Å². The lowest BCUT2D eigenvalue weighted by atomic mass is 10.1. The Balaban J connectivity index is 1.91. The highest BCUT2D eigenvalue weighted by Crippen LogP contribution is 2.37. The van der Waals surface area contributed by atoms with Gasteiger partial charge in [-0.1, -0.05) is 12.1 Å². The van der Waals surface area contributed by atoms with Gasteiger partial charge in [-0.05, 0) is 55.5 Å². The van der Waals surface area contributed by atoms with E-state index in [0.717, 1.165) is 24.2 Å². The summed E-state index contributed by atoms with van der Waals surface area (Å²) in [6.07, 6.45) is 5.17. The van der Waals surface area contributed by atoms with E-state index in [9.17, 15) is 8.42 Å². The third kappa shape index (κ3) is 3.60. The first-order chi connectivity index (χ1) is 11.5. The minimum atomic E-state index is -3.58. The maximum atomic E-state index is 13.1. The van der Waals surface area contributed by atoms with Crippen LogP contribution in [0.25, 0.3) is 0 Å². The third-order valence-electron chi connectivity index (χ3n) is 4.50. The molecule has 1 aliphatic carbocycles. The minimum Gasteiger partial charge on any atom is -0.497 e. The number of aromatic nitrogens is 1. The molecule has 1 aromatic heterocycles. The fourth-order valence-corrected chi connectivity index (χ4v) is 4.45. The smallest absolute Gasteiger partial charge is 0.245 e. The summed E-state index contributed by atoms with van der Waals surface area (Å²) in [5, 5.41) is 0. The van der Waals surface area contributed by atoms with Crippen LogP contribution >= 0.6 is 0 Å². The monoisotopic (exact) mass is 346 g/mol. The second kappa shape index (κ2) is 6.91. The Morgan fingerprint density at radius 1 is 1.25 bits per heavy atom. The molecule has 1 unspecified atom stereocenters. The summed E-state index contributed by atoms with van der Waals surface area (Å²) >= 11 is 0. The van der Waals surface area contributed by atoms with E-state index < -0.39 is 10.0 Å². The zero-order valence-electron chi connectivity index (χ0n) is 13.9. The molecule has 6 heteroatoms. The van der Waals surface area contributed by atoms with Gasteiger partial charge in [0, 0.05) is 25.0 Å². The largest absolute Gasteiger partial charge is 0.497 e. The Morgan fingerprint density at radius 2 is 1.96 bits per heavy atom. The van der Waals surface area contributed by atoms with Gasteiger partial charge in [-0.2, -0.15) is 4.31 Å². The van der Waals surface area contributed by atoms with Crippen molar-refractivity contribution in [1.82, 2.24) is 9.29 Å². The molecule has 1 aliphatic rings. The SMILES string of the molecule is COc1ccc(CN(C(C)C2CC2)S(=O)(=O)c2cccnc2)cc1. The molecule has 1 atom stereocenters. The van der Waals surface area contributed by atoms with Crippen molar-refractivity contribution in [3.05, 3.63) is 54.4 Å². The van der Waals surface area contributed by atoms with Crippen LogP contribution in [0.4, 0.5) is 0 Å². The first-order valence-corrected chi connectivity index (χ1v) is 9.51. The van der Waals surface area contributed by atoms with Crippen LogP contribution in [0.1, 0.15) is 25.3 Å². The number of hydrogen-bond donors (Lipinski definition) is 0. The average molecular weight is 346 g/mol. The molecule has 3 rings (SSSR count). The quantitative estimate of drug-likeness (QED) is 0.773. The molecular formula is C18H22N2O3S. The summed E-state index contributed by atoms with van der Waals surface area (Å²) in [7, 11) is -1.97. The van der Waals surface area contributed by atoms with Crippen molar-refractivity contribution in [3.63, 3.8) is 0 Å². The van der Waals surface area contributed by atoms with E-state index in [1.54, 1.807) is 29.7 Å². The lowest BCUT2D eigenvalue weighted by Gasteiger charge is -2.28. The second-order valence-electron chi connectivity index (χ2n) is 6.17. The van der Waals surface area contributed by atoms with E-state index in [-0.39, 0.29) is 10.9 Å². The summed E-state index contributed by atoms with van der Waals surface area (Å²) in [5.41, 5.74) is 0.941. The maximum Gasteiger partial charge on any atom is 0.245 e. The highest BCUT2D eigenvalue weighted by Gasteiger charge is 2.38. The number of sulfonamides is 1. The zero-order valence-corrected chi connectivity index (χ0v) is 14.7. The number of benzene rings is 1. The van der Waals surface area contributed by atoms with Crippen molar-refractivity contribution in [3.8, 4) is 5.75 Å². The Labute approximate surface area is 143 Å². The van der Waals surface area contributed by atoms with Gasteiger partial charge in [0.05, 0.1) is 7.11 Å². The molecule has 0 N–H and O–H groups in total. The van der Waals surface area contributed by atoms with E-state index in [1.165, 1.54) is 6.20 Å². The molecule has 0 amide bonds. The Bertz CT molecular complexity index is 772. The van der Waals surface area contributed by atoms with Gasteiger partial charge in [-0.15, -0.1) is 0 Å². The Kier molecular flexibility index (Phi) is 4.87. The Hall–Kier alpha value is -1.92. The van der Waals surface area contributed by atoms with E-state index in [0.29, 0.717) is 12.5 Å². The Morgan fingerprint density at radius 3 is 2.50 bits per heavy atom. The third-order valence-corrected chi connectivity index (χ3v) is 6.41. The fraction of sp³-hybridized carbons (Fsp3) is 0.389. The molecular weight excluding hydrogens is 324 g/mol. The van der Waals surface area contributed by atoms with Gasteiger partial charge < -0.3 is 4.74 Å². The number of hydrogen-bond acceptors (Lipinski definition) is 4. The number of nitrogens with zero attached hydrogens (tertiary/aromatic N) is 2. The van der Waals surface area contributed by atoms with Crippen LogP contribution in [0.3, 0.4) is 0 Å². The normalized spacial score (nSPS) is 16.1. The molecule has 0 spiro atoms. The van der Waals surface area contributed by atoms with E-state index >= 15 is 0 Å². The van der Waals surface area contributed by atoms with Crippen molar-refractivity contribution in [2.24, 2.45) is 5.92 Å². The summed E-state index contributed by atoms with van der Waals surface area (Å²) in [5.74, 6) is 1.20. The van der Waals surface area contributed by atoms with Gasteiger partial charge in [0.15, 0.2) is 0 Å². The molecule has 24 heavy (non-hydrogen) atoms. The van der Waals surface area contributed by atoms with E-state index in [4.69, 9.17) is 4.74 Å². The highest BCUT2D eigenvalue weighted by molar-refractivity contribution is 7.89. The topological polar surface area (TPSA) is 59.5 Å². The van der Waals surface area contributed by atoms with Gasteiger partial charge in [-0.25, -0.2) is 8.42 Å². The summed E-state index contributed by atoms with van der Waals surface area (Å²) < 4.78 is 33.0. The predicted molar refractivity (Wildman–Crippen MR) is 92.1 cm³/mol. The predicted octanol–water partition coefficient (Wildman–Crippen LogP) is 3.08. The van der Waals surface area contributed by atoms with Gasteiger partial charge >= 0.3 is 0 Å². The lowest BCUT2D eigenvalue weighted by Crippen LogP contribution is -2.39. The summed E-state index contributed by atoms with van der Waals surface area (Å²) in [6, 6.07) is 10.7. The molecule has 2 aromatic rings. The van der Waals surface area contributed by atoms with Crippen LogP contribution in [-0.4, -0.2) is 30.9 Å². The second-order valence-corrected chi connectivity index (χ2v) is 8.06. The van der Waals surface area contributed by atoms with E-state index in [2.05, 4.69) is 4.98 Å². The first-order valence-electron chi connectivity index (χ1n) is 8.07. The van der Waals surface area contributed by atoms with Crippen LogP contribution in [0.5, 0.6) is 5.75 Å². The molecule has 5 nitrogen and oxygen atoms in total. The van der Waals surface area contributed by atoms with Crippen LogP contribution in [0.15, 0.2) is 53.7 Å². The molecule has 128 valence electrons. The van der Waals surface area contributed by atoms with Crippen molar-refractivity contribution < 1.29 is 13.2 Å². The van der Waals surface area contributed by atoms with Gasteiger partial charge in [0.2, 0.25) is 10.0 Å². The zero-order chi connectivity index (χ0) is 17.2. The molecule has 0 radical (unpaired) electrons. The average Bonchev–Trinajstić information content (AvgIpc) is 3.45. The highest BCUT2D eigenvalue weighted by atomic mass is 32.2. The van der Waals surface area contributed by atoms with Gasteiger partial charge in [0.25, 0.3) is 0 Å². The molecule has 0 saturated heterocycles. The molecule has 1 aromatic carbocycles. The molecule has 1 saturated carbocycles. The number of ether oxygens (including phenoxy) is 1. The molecule has 1 fully saturated rings. The molecule has 1 heterocycles. The number of pyridine rings is 1. The summed E-state index contributed by atoms with van der Waals surface area (Å²) in [6.45, 7) is 2.34. The maximum absolute atomic E-state index is 13.1. The summed E-state index contributed by atoms with van der Waals surface area (Å²) in [4.78, 5) is 4.20. The van der Waals surface area contributed by atoms with Crippen molar-refractivity contribution in [2.75, 3.05) is 7.11 Å². The fourth-order valence-electron chi connectivity index (χ4n) is 2.81. The minimum absolute atomic E-state index is 0.0303. The molecule has 0 bridgehead atoms. The van der Waals surface area contributed by atoms with Crippen LogP contribution in [0.2, 0.25) is 0 Å². The van der Waals surface area contributed by atoms with Crippen LogP contribution in [-0.2, 0) is 16.6 Å². The molecule has 0 aliphatic heterocycles. The van der Waals surface area contributed by atoms with Crippen molar-refractivity contribution in [2.45, 2.75) is 37.2 Å². The van der Waals surface area contributed by atoms with Crippen molar-refractivity contribution in [1.29, 1.82) is 0 Å². The van der Waals surface area contributed by atoms with E-state index in [1.807, 2.05) is 31.2 Å². The number of rotatable bonds is 7. The van der Waals surface area contributed by atoms with Gasteiger partial charge in [-0.3, -0.25) is 4.98 Å². The lowest BCUT2D eigenvalue weighted by molar-refractivity contribution is 0.303. The van der Waals surface area contributed by atoms with Gasteiger partial charge in [0.1, 0.15) is 10.6 Å². The number of methoxy groups -OCH3 is 1.